The van der Waals surface area contributed by atoms with Gasteiger partial charge in [-0.25, -0.2) is 9.98 Å². The van der Waals surface area contributed by atoms with Gasteiger partial charge in [-0.2, -0.15) is 0 Å². The molecule has 0 bridgehead atoms. The first-order chi connectivity index (χ1) is 27.7. The van der Waals surface area contributed by atoms with Gasteiger partial charge in [0.25, 0.3) is 0 Å². The Morgan fingerprint density at radius 1 is 0.589 bits per heavy atom. The predicted molar refractivity (Wildman–Crippen MR) is 235 cm³/mol. The molecule has 266 valence electrons. The molecular weight excluding hydrogens is 703 g/mol. The summed E-state index contributed by atoms with van der Waals surface area (Å²) in [5.41, 5.74) is 10.7. The molecule has 1 N–H and O–H groups in total. The molecule has 0 saturated heterocycles. The van der Waals surface area contributed by atoms with Gasteiger partial charge in [0.1, 0.15) is 23.2 Å². The Kier molecular flexibility index (Phi) is 7.85. The molecule has 3 heterocycles. The van der Waals surface area contributed by atoms with Gasteiger partial charge in [0.05, 0.1) is 5.56 Å². The fourth-order valence-electron chi connectivity index (χ4n) is 8.24. The van der Waals surface area contributed by atoms with Crippen molar-refractivity contribution in [1.82, 2.24) is 5.32 Å². The molecule has 0 spiro atoms. The van der Waals surface area contributed by atoms with Crippen LogP contribution >= 0.6 is 11.3 Å². The number of hydrogen-bond donors (Lipinski definition) is 1. The van der Waals surface area contributed by atoms with Crippen molar-refractivity contribution in [2.24, 2.45) is 15.9 Å². The van der Waals surface area contributed by atoms with Gasteiger partial charge < -0.3 is 9.73 Å². The van der Waals surface area contributed by atoms with Crippen molar-refractivity contribution < 1.29 is 4.42 Å². The standard InChI is InChI=1S/C51H35N3OS/c1-3-11-32(12-4-1)33-21-25-37(26-22-33)50-52-49(36-13-5-2-6-14-36)53-51(54-50)42-29-28-39(47-41-16-7-9-17-44(41)55-48(42)47)35-23-19-34(20-24-35)38-27-30-46-43(31-38)40-15-8-10-18-45(40)56-46/h1-25,27-31,37,49H,26H2,(H,52,53,54). The SMILES string of the molecule is C1=CC(C2=NC(c3ccc(-c4ccc(-c5ccc6sc7ccccc7c6c5)cc4)c4c3oc3ccccc34)=NC(c3ccccc3)N2)CC=C1c1ccccc1. The Bertz CT molecular complexity index is 3080. The maximum atomic E-state index is 6.75. The second-order valence-electron chi connectivity index (χ2n) is 14.5. The number of allylic oxidation sites excluding steroid dienone is 3. The number of benzene rings is 7. The minimum atomic E-state index is -0.287. The summed E-state index contributed by atoms with van der Waals surface area (Å²) in [5, 5.41) is 8.46. The number of amidine groups is 2. The fourth-order valence-corrected chi connectivity index (χ4v) is 9.33. The molecule has 7 aromatic carbocycles. The molecular formula is C51H35N3OS. The first kappa shape index (κ1) is 32.6. The summed E-state index contributed by atoms with van der Waals surface area (Å²) in [6, 6.07) is 58.1. The van der Waals surface area contributed by atoms with E-state index < -0.39 is 0 Å². The van der Waals surface area contributed by atoms with Gasteiger partial charge in [-0.1, -0.05) is 152 Å². The Balaban J connectivity index is 0.995. The van der Waals surface area contributed by atoms with E-state index in [4.69, 9.17) is 14.4 Å². The van der Waals surface area contributed by atoms with Crippen LogP contribution < -0.4 is 5.32 Å². The second-order valence-corrected chi connectivity index (χ2v) is 15.6. The second kappa shape index (κ2) is 13.5. The topological polar surface area (TPSA) is 49.9 Å². The lowest BCUT2D eigenvalue weighted by molar-refractivity contribution is 0.641. The number of thiophene rings is 1. The summed E-state index contributed by atoms with van der Waals surface area (Å²) >= 11 is 1.85. The quantitative estimate of drug-likeness (QED) is 0.185. The van der Waals surface area contributed by atoms with E-state index in [1.54, 1.807) is 0 Å². The van der Waals surface area contributed by atoms with E-state index in [2.05, 4.69) is 169 Å². The third kappa shape index (κ3) is 5.67. The highest BCUT2D eigenvalue weighted by Gasteiger charge is 2.27. The van der Waals surface area contributed by atoms with Crippen LogP contribution in [0.2, 0.25) is 0 Å². The van der Waals surface area contributed by atoms with Crippen molar-refractivity contribution in [2.45, 2.75) is 12.6 Å². The van der Waals surface area contributed by atoms with E-state index in [0.717, 1.165) is 56.4 Å². The molecule has 2 aromatic heterocycles. The van der Waals surface area contributed by atoms with Crippen molar-refractivity contribution in [3.63, 3.8) is 0 Å². The summed E-state index contributed by atoms with van der Waals surface area (Å²) in [7, 11) is 0. The third-order valence-corrected chi connectivity index (χ3v) is 12.3. The van der Waals surface area contributed by atoms with Crippen molar-refractivity contribution in [3.05, 3.63) is 199 Å². The van der Waals surface area contributed by atoms with Crippen molar-refractivity contribution in [3.8, 4) is 22.3 Å². The van der Waals surface area contributed by atoms with Gasteiger partial charge in [0, 0.05) is 36.9 Å². The summed E-state index contributed by atoms with van der Waals surface area (Å²) in [6.45, 7) is 0. The van der Waals surface area contributed by atoms with E-state index >= 15 is 0 Å². The van der Waals surface area contributed by atoms with Crippen LogP contribution in [0.25, 0.3) is 69.9 Å². The first-order valence-electron chi connectivity index (χ1n) is 19.1. The monoisotopic (exact) mass is 737 g/mol. The minimum absolute atomic E-state index is 0.0855. The van der Waals surface area contributed by atoms with Gasteiger partial charge in [-0.05, 0) is 75.7 Å². The Hall–Kier alpha value is -6.82. The molecule has 0 saturated carbocycles. The molecule has 9 aromatic rings. The third-order valence-electron chi connectivity index (χ3n) is 11.1. The van der Waals surface area contributed by atoms with E-state index in [0.29, 0.717) is 5.84 Å². The molecule has 1 aliphatic heterocycles. The average Bonchev–Trinajstić information content (AvgIpc) is 3.85. The highest BCUT2D eigenvalue weighted by atomic mass is 32.1. The lowest BCUT2D eigenvalue weighted by Gasteiger charge is -2.27. The minimum Gasteiger partial charge on any atom is -0.455 e. The molecule has 2 unspecified atom stereocenters. The normalized spacial score (nSPS) is 16.9. The van der Waals surface area contributed by atoms with E-state index in [9.17, 15) is 0 Å². The molecule has 56 heavy (non-hydrogen) atoms. The van der Waals surface area contributed by atoms with Crippen molar-refractivity contribution >= 4 is 70.7 Å². The van der Waals surface area contributed by atoms with Gasteiger partial charge in [0.15, 0.2) is 5.84 Å². The zero-order valence-corrected chi connectivity index (χ0v) is 31.2. The van der Waals surface area contributed by atoms with Crippen LogP contribution in [0.3, 0.4) is 0 Å². The van der Waals surface area contributed by atoms with Crippen LogP contribution in [-0.4, -0.2) is 11.7 Å². The lowest BCUT2D eigenvalue weighted by Crippen LogP contribution is -2.37. The Labute approximate surface area is 328 Å². The Morgan fingerprint density at radius 3 is 2.11 bits per heavy atom. The largest absolute Gasteiger partial charge is 0.455 e. The summed E-state index contributed by atoms with van der Waals surface area (Å²) in [5.74, 6) is 1.66. The summed E-state index contributed by atoms with van der Waals surface area (Å²) in [4.78, 5) is 10.5. The number of rotatable bonds is 6. The Morgan fingerprint density at radius 2 is 1.29 bits per heavy atom. The van der Waals surface area contributed by atoms with E-state index in [1.165, 1.54) is 42.4 Å². The van der Waals surface area contributed by atoms with Gasteiger partial charge in [-0.15, -0.1) is 11.3 Å². The van der Waals surface area contributed by atoms with Crippen LogP contribution in [0.15, 0.2) is 196 Å². The number of para-hydroxylation sites is 1. The summed E-state index contributed by atoms with van der Waals surface area (Å²) < 4.78 is 9.39. The maximum Gasteiger partial charge on any atom is 0.162 e. The molecule has 1 aliphatic carbocycles. The van der Waals surface area contributed by atoms with Crippen LogP contribution in [-0.2, 0) is 0 Å². The number of fused-ring (bicyclic) bond motifs is 6. The molecule has 0 amide bonds. The maximum absolute atomic E-state index is 6.75. The zero-order valence-electron chi connectivity index (χ0n) is 30.4. The number of nitrogens with one attached hydrogen (secondary N) is 1. The highest BCUT2D eigenvalue weighted by molar-refractivity contribution is 7.25. The zero-order chi connectivity index (χ0) is 37.0. The van der Waals surface area contributed by atoms with Crippen LogP contribution in [0.4, 0.5) is 0 Å². The van der Waals surface area contributed by atoms with Crippen molar-refractivity contribution in [1.29, 1.82) is 0 Å². The van der Waals surface area contributed by atoms with E-state index in [-0.39, 0.29) is 12.1 Å². The van der Waals surface area contributed by atoms with Crippen LogP contribution in [0, 0.1) is 5.92 Å². The van der Waals surface area contributed by atoms with Crippen molar-refractivity contribution in [2.75, 3.05) is 0 Å². The van der Waals surface area contributed by atoms with Crippen LogP contribution in [0.5, 0.6) is 0 Å². The summed E-state index contributed by atoms with van der Waals surface area (Å²) in [6.07, 6.45) is 7.35. The lowest BCUT2D eigenvalue weighted by atomic mass is 9.91. The molecule has 5 heteroatoms. The number of nitrogens with zero attached hydrogens (tertiary/aromatic N) is 2. The van der Waals surface area contributed by atoms with Gasteiger partial charge >= 0.3 is 0 Å². The van der Waals surface area contributed by atoms with Gasteiger partial charge in [-0.3, -0.25) is 0 Å². The molecule has 4 nitrogen and oxygen atoms in total. The number of hydrogen-bond acceptors (Lipinski definition) is 5. The smallest absolute Gasteiger partial charge is 0.162 e. The highest BCUT2D eigenvalue weighted by Crippen LogP contribution is 2.41. The molecule has 11 rings (SSSR count). The first-order valence-corrected chi connectivity index (χ1v) is 19.9. The number of furan rings is 1. The van der Waals surface area contributed by atoms with Crippen LogP contribution in [0.1, 0.15) is 29.3 Å². The average molecular weight is 738 g/mol. The fraction of sp³-hybridized carbons (Fsp3) is 0.0588. The number of aliphatic imine (C=N–C) groups is 2. The molecule has 0 fully saturated rings. The van der Waals surface area contributed by atoms with Gasteiger partial charge in [0.2, 0.25) is 0 Å². The molecule has 2 atom stereocenters. The molecule has 0 radical (unpaired) electrons. The predicted octanol–water partition coefficient (Wildman–Crippen LogP) is 13.4. The van der Waals surface area contributed by atoms with E-state index in [1.807, 2.05) is 29.5 Å². The molecule has 2 aliphatic rings.